The summed E-state index contributed by atoms with van der Waals surface area (Å²) >= 11 is 0. The van der Waals surface area contributed by atoms with Crippen molar-refractivity contribution >= 4 is 6.03 Å². The lowest BCUT2D eigenvalue weighted by atomic mass is 10.1. The minimum Gasteiger partial charge on any atom is -0.392 e. The second kappa shape index (κ2) is 9.43. The summed E-state index contributed by atoms with van der Waals surface area (Å²) in [5, 5.41) is 14.9. The standard InChI is InChI=1S/C17H26N2O3/c20-13-15-7-2-1-6-14(15)12-19-17(21)18-10-5-11-22-16-8-3-4-9-16/h1-2,6-7,16,20H,3-5,8-13H2,(H2,18,19,21). The molecule has 5 heteroatoms. The molecule has 1 fully saturated rings. The maximum absolute atomic E-state index is 11.7. The molecule has 0 radical (unpaired) electrons. The molecule has 0 heterocycles. The van der Waals surface area contributed by atoms with E-state index in [0.29, 0.717) is 25.8 Å². The van der Waals surface area contributed by atoms with Gasteiger partial charge in [-0.05, 0) is 30.4 Å². The fraction of sp³-hybridized carbons (Fsp3) is 0.588. The minimum absolute atomic E-state index is 0.0159. The van der Waals surface area contributed by atoms with Gasteiger partial charge in [0.1, 0.15) is 0 Å². The van der Waals surface area contributed by atoms with Crippen molar-refractivity contribution in [3.63, 3.8) is 0 Å². The first-order chi connectivity index (χ1) is 10.8. The van der Waals surface area contributed by atoms with Gasteiger partial charge < -0.3 is 20.5 Å². The summed E-state index contributed by atoms with van der Waals surface area (Å²) < 4.78 is 5.74. The Morgan fingerprint density at radius 2 is 1.91 bits per heavy atom. The van der Waals surface area contributed by atoms with E-state index in [9.17, 15) is 9.90 Å². The summed E-state index contributed by atoms with van der Waals surface area (Å²) in [6, 6.07) is 7.35. The summed E-state index contributed by atoms with van der Waals surface area (Å²) in [4.78, 5) is 11.7. The second-order valence-corrected chi connectivity index (χ2v) is 5.67. The van der Waals surface area contributed by atoms with Gasteiger partial charge in [0.25, 0.3) is 0 Å². The zero-order valence-corrected chi connectivity index (χ0v) is 13.0. The molecule has 0 saturated heterocycles. The van der Waals surface area contributed by atoms with Crippen molar-refractivity contribution in [2.45, 2.75) is 51.4 Å². The maximum Gasteiger partial charge on any atom is 0.315 e. The van der Waals surface area contributed by atoms with Gasteiger partial charge in [0.05, 0.1) is 12.7 Å². The zero-order valence-electron chi connectivity index (χ0n) is 13.0. The third-order valence-electron chi connectivity index (χ3n) is 3.99. The Balaban J connectivity index is 1.55. The normalized spacial score (nSPS) is 15.0. The summed E-state index contributed by atoms with van der Waals surface area (Å²) in [5.41, 5.74) is 1.78. The molecule has 3 N–H and O–H groups in total. The van der Waals surface area contributed by atoms with Crippen LogP contribution >= 0.6 is 0 Å². The van der Waals surface area contributed by atoms with E-state index in [2.05, 4.69) is 10.6 Å². The average molecular weight is 306 g/mol. The van der Waals surface area contributed by atoms with Crippen LogP contribution in [0, 0.1) is 0 Å². The Morgan fingerprint density at radius 3 is 2.64 bits per heavy atom. The van der Waals surface area contributed by atoms with E-state index in [0.717, 1.165) is 17.5 Å². The number of aliphatic hydroxyl groups is 1. The molecule has 2 amide bonds. The maximum atomic E-state index is 11.7. The van der Waals surface area contributed by atoms with Crippen LogP contribution in [0.4, 0.5) is 4.79 Å². The number of rotatable bonds is 8. The van der Waals surface area contributed by atoms with Crippen molar-refractivity contribution in [1.29, 1.82) is 0 Å². The molecular formula is C17H26N2O3. The van der Waals surface area contributed by atoms with Crippen molar-refractivity contribution < 1.29 is 14.6 Å². The van der Waals surface area contributed by atoms with Crippen molar-refractivity contribution in [2.75, 3.05) is 13.2 Å². The summed E-state index contributed by atoms with van der Waals surface area (Å²) in [6.07, 6.45) is 6.18. The van der Waals surface area contributed by atoms with Gasteiger partial charge in [-0.1, -0.05) is 37.1 Å². The average Bonchev–Trinajstić information content (AvgIpc) is 3.06. The van der Waals surface area contributed by atoms with Crippen LogP contribution in [0.2, 0.25) is 0 Å². The topological polar surface area (TPSA) is 70.6 Å². The highest BCUT2D eigenvalue weighted by Crippen LogP contribution is 2.20. The molecular weight excluding hydrogens is 280 g/mol. The fourth-order valence-corrected chi connectivity index (χ4v) is 2.70. The van der Waals surface area contributed by atoms with Crippen LogP contribution in [0.5, 0.6) is 0 Å². The molecule has 0 atom stereocenters. The Morgan fingerprint density at radius 1 is 1.18 bits per heavy atom. The Bertz CT molecular complexity index is 459. The molecule has 0 unspecified atom stereocenters. The number of aliphatic hydroxyl groups excluding tert-OH is 1. The van der Waals surface area contributed by atoms with Crippen LogP contribution in [-0.4, -0.2) is 30.4 Å². The Hall–Kier alpha value is -1.59. The molecule has 0 aliphatic heterocycles. The first-order valence-corrected chi connectivity index (χ1v) is 8.10. The molecule has 1 aliphatic rings. The SMILES string of the molecule is O=C(NCCCOC1CCCC1)NCc1ccccc1CO. The van der Waals surface area contributed by atoms with E-state index in [1.807, 2.05) is 24.3 Å². The minimum atomic E-state index is -0.186. The smallest absolute Gasteiger partial charge is 0.315 e. The molecule has 0 bridgehead atoms. The lowest BCUT2D eigenvalue weighted by Crippen LogP contribution is -2.36. The number of ether oxygens (including phenoxy) is 1. The van der Waals surface area contributed by atoms with E-state index in [1.165, 1.54) is 25.7 Å². The van der Waals surface area contributed by atoms with E-state index < -0.39 is 0 Å². The number of carbonyl (C=O) groups excluding carboxylic acids is 1. The molecule has 22 heavy (non-hydrogen) atoms. The van der Waals surface area contributed by atoms with Gasteiger partial charge in [0.2, 0.25) is 0 Å². The zero-order chi connectivity index (χ0) is 15.6. The van der Waals surface area contributed by atoms with E-state index in [-0.39, 0.29) is 12.6 Å². The van der Waals surface area contributed by atoms with E-state index in [4.69, 9.17) is 4.74 Å². The second-order valence-electron chi connectivity index (χ2n) is 5.67. The largest absolute Gasteiger partial charge is 0.392 e. The molecule has 1 saturated carbocycles. The summed E-state index contributed by atoms with van der Waals surface area (Å²) in [5.74, 6) is 0. The number of urea groups is 1. The number of hydrogen-bond donors (Lipinski definition) is 3. The van der Waals surface area contributed by atoms with Crippen LogP contribution in [0.15, 0.2) is 24.3 Å². The molecule has 122 valence electrons. The highest BCUT2D eigenvalue weighted by atomic mass is 16.5. The van der Waals surface area contributed by atoms with Gasteiger partial charge >= 0.3 is 6.03 Å². The molecule has 5 nitrogen and oxygen atoms in total. The highest BCUT2D eigenvalue weighted by molar-refractivity contribution is 5.73. The quantitative estimate of drug-likeness (QED) is 0.646. The van der Waals surface area contributed by atoms with Gasteiger partial charge in [0, 0.05) is 19.7 Å². The fourth-order valence-electron chi connectivity index (χ4n) is 2.70. The number of amides is 2. The number of carbonyl (C=O) groups is 1. The lowest BCUT2D eigenvalue weighted by molar-refractivity contribution is 0.0572. The van der Waals surface area contributed by atoms with Crippen LogP contribution in [0.1, 0.15) is 43.2 Å². The monoisotopic (exact) mass is 306 g/mol. The predicted molar refractivity (Wildman–Crippen MR) is 85.4 cm³/mol. The number of nitrogens with one attached hydrogen (secondary N) is 2. The van der Waals surface area contributed by atoms with Gasteiger partial charge in [-0.15, -0.1) is 0 Å². The van der Waals surface area contributed by atoms with Crippen molar-refractivity contribution in [3.8, 4) is 0 Å². The first-order valence-electron chi connectivity index (χ1n) is 8.10. The molecule has 1 aliphatic carbocycles. The Kier molecular flexibility index (Phi) is 7.19. The molecule has 1 aromatic rings. The van der Waals surface area contributed by atoms with E-state index >= 15 is 0 Å². The number of benzene rings is 1. The Labute approximate surface area is 132 Å². The molecule has 0 spiro atoms. The van der Waals surface area contributed by atoms with Gasteiger partial charge in [0.15, 0.2) is 0 Å². The van der Waals surface area contributed by atoms with Crippen molar-refractivity contribution in [3.05, 3.63) is 35.4 Å². The molecule has 0 aromatic heterocycles. The van der Waals surface area contributed by atoms with Gasteiger partial charge in [-0.2, -0.15) is 0 Å². The third-order valence-corrected chi connectivity index (χ3v) is 3.99. The summed E-state index contributed by atoms with van der Waals surface area (Å²) in [7, 11) is 0. The van der Waals surface area contributed by atoms with Crippen molar-refractivity contribution in [1.82, 2.24) is 10.6 Å². The molecule has 1 aromatic carbocycles. The summed E-state index contributed by atoms with van der Waals surface area (Å²) in [6.45, 7) is 1.72. The van der Waals surface area contributed by atoms with Crippen molar-refractivity contribution in [2.24, 2.45) is 0 Å². The molecule has 2 rings (SSSR count). The first kappa shape index (κ1) is 16.8. The predicted octanol–water partition coefficient (Wildman–Crippen LogP) is 2.33. The third kappa shape index (κ3) is 5.66. The lowest BCUT2D eigenvalue weighted by Gasteiger charge is -2.12. The van der Waals surface area contributed by atoms with Gasteiger partial charge in [-0.3, -0.25) is 0 Å². The van der Waals surface area contributed by atoms with Crippen LogP contribution in [0.3, 0.4) is 0 Å². The highest BCUT2D eigenvalue weighted by Gasteiger charge is 2.14. The van der Waals surface area contributed by atoms with Crippen LogP contribution < -0.4 is 10.6 Å². The van der Waals surface area contributed by atoms with Crippen LogP contribution in [0.25, 0.3) is 0 Å². The van der Waals surface area contributed by atoms with Crippen LogP contribution in [-0.2, 0) is 17.9 Å². The van der Waals surface area contributed by atoms with Gasteiger partial charge in [-0.25, -0.2) is 4.79 Å². The van der Waals surface area contributed by atoms with E-state index in [1.54, 1.807) is 0 Å². The number of hydrogen-bond acceptors (Lipinski definition) is 3.